The first-order valence-corrected chi connectivity index (χ1v) is 7.08. The van der Waals surface area contributed by atoms with Crippen LogP contribution in [0.3, 0.4) is 0 Å². The van der Waals surface area contributed by atoms with Crippen molar-refractivity contribution >= 4 is 11.6 Å². The van der Waals surface area contributed by atoms with Crippen LogP contribution in [0.15, 0.2) is 36.7 Å². The third-order valence-corrected chi connectivity index (χ3v) is 3.53. The molecule has 1 aromatic heterocycles. The maximum absolute atomic E-state index is 5.93. The third-order valence-electron chi connectivity index (χ3n) is 3.29. The first-order valence-electron chi connectivity index (χ1n) is 6.71. The van der Waals surface area contributed by atoms with Gasteiger partial charge < -0.3 is 14.6 Å². The lowest BCUT2D eigenvalue weighted by Crippen LogP contribution is -2.32. The largest absolute Gasteiger partial charge is 0.492 e. The Balaban J connectivity index is 1.82. The molecule has 0 aliphatic rings. The molecule has 0 aliphatic carbocycles. The van der Waals surface area contributed by atoms with Crippen molar-refractivity contribution < 1.29 is 4.74 Å². The standard InChI is InChI=1S/C15H20ClN3O/c1-17-13(6-7-15-18-8-9-19(15)2)11-20-14-5-3-4-12(16)10-14/h3-5,8-10,13,17H,6-7,11H2,1-2H3. The van der Waals surface area contributed by atoms with Crippen LogP contribution in [0.5, 0.6) is 5.75 Å². The van der Waals surface area contributed by atoms with E-state index >= 15 is 0 Å². The Hall–Kier alpha value is -1.52. The highest BCUT2D eigenvalue weighted by atomic mass is 35.5. The number of halogens is 1. The molecular weight excluding hydrogens is 274 g/mol. The third kappa shape index (κ3) is 4.25. The van der Waals surface area contributed by atoms with E-state index in [1.807, 2.05) is 55.3 Å². The fraction of sp³-hybridized carbons (Fsp3) is 0.400. The molecule has 5 heteroatoms. The zero-order valence-corrected chi connectivity index (χ0v) is 12.6. The predicted molar refractivity (Wildman–Crippen MR) is 81.3 cm³/mol. The van der Waals surface area contributed by atoms with Gasteiger partial charge in [0, 0.05) is 36.9 Å². The monoisotopic (exact) mass is 293 g/mol. The van der Waals surface area contributed by atoms with Crippen molar-refractivity contribution in [3.63, 3.8) is 0 Å². The van der Waals surface area contributed by atoms with Crippen molar-refractivity contribution in [1.29, 1.82) is 0 Å². The normalized spacial score (nSPS) is 12.3. The van der Waals surface area contributed by atoms with Gasteiger partial charge in [-0.05, 0) is 31.7 Å². The van der Waals surface area contributed by atoms with Gasteiger partial charge in [0.25, 0.3) is 0 Å². The lowest BCUT2D eigenvalue weighted by molar-refractivity contribution is 0.263. The molecule has 0 radical (unpaired) electrons. The van der Waals surface area contributed by atoms with Crippen molar-refractivity contribution in [2.75, 3.05) is 13.7 Å². The van der Waals surface area contributed by atoms with E-state index in [4.69, 9.17) is 16.3 Å². The second-order valence-electron chi connectivity index (χ2n) is 4.75. The Morgan fingerprint density at radius 1 is 1.45 bits per heavy atom. The van der Waals surface area contributed by atoms with Gasteiger partial charge in [0.2, 0.25) is 0 Å². The van der Waals surface area contributed by atoms with Crippen LogP contribution in [0.1, 0.15) is 12.2 Å². The van der Waals surface area contributed by atoms with Gasteiger partial charge in [0.05, 0.1) is 0 Å². The molecule has 1 N–H and O–H groups in total. The minimum absolute atomic E-state index is 0.283. The molecule has 0 saturated heterocycles. The molecule has 1 heterocycles. The lowest BCUT2D eigenvalue weighted by Gasteiger charge is -2.17. The summed E-state index contributed by atoms with van der Waals surface area (Å²) in [5, 5.41) is 3.97. The summed E-state index contributed by atoms with van der Waals surface area (Å²) in [4.78, 5) is 4.33. The second-order valence-corrected chi connectivity index (χ2v) is 5.18. The van der Waals surface area contributed by atoms with Gasteiger partial charge in [0.1, 0.15) is 18.2 Å². The van der Waals surface area contributed by atoms with Gasteiger partial charge in [-0.3, -0.25) is 0 Å². The van der Waals surface area contributed by atoms with Crippen LogP contribution in [-0.4, -0.2) is 29.2 Å². The van der Waals surface area contributed by atoms with Crippen molar-refractivity contribution in [3.05, 3.63) is 47.5 Å². The van der Waals surface area contributed by atoms with Crippen molar-refractivity contribution in [2.24, 2.45) is 7.05 Å². The van der Waals surface area contributed by atoms with Crippen molar-refractivity contribution in [2.45, 2.75) is 18.9 Å². The molecule has 0 saturated carbocycles. The fourth-order valence-corrected chi connectivity index (χ4v) is 2.19. The van der Waals surface area contributed by atoms with E-state index < -0.39 is 0 Å². The van der Waals surface area contributed by atoms with Gasteiger partial charge in [-0.25, -0.2) is 4.98 Å². The molecule has 2 rings (SSSR count). The van der Waals surface area contributed by atoms with Crippen LogP contribution in [0, 0.1) is 0 Å². The highest BCUT2D eigenvalue weighted by Crippen LogP contribution is 2.17. The summed E-state index contributed by atoms with van der Waals surface area (Å²) in [6, 6.07) is 7.75. The average Bonchev–Trinajstić information content (AvgIpc) is 2.85. The van der Waals surface area contributed by atoms with Gasteiger partial charge in [0.15, 0.2) is 0 Å². The molecule has 108 valence electrons. The number of ether oxygens (including phenoxy) is 1. The topological polar surface area (TPSA) is 39.1 Å². The van der Waals surface area contributed by atoms with Gasteiger partial charge in [-0.15, -0.1) is 0 Å². The summed E-state index contributed by atoms with van der Waals surface area (Å²) in [6.07, 6.45) is 5.69. The number of rotatable bonds is 7. The van der Waals surface area contributed by atoms with E-state index in [1.165, 1.54) is 0 Å². The van der Waals surface area contributed by atoms with Gasteiger partial charge in [-0.2, -0.15) is 0 Å². The van der Waals surface area contributed by atoms with E-state index in [-0.39, 0.29) is 6.04 Å². The molecule has 4 nitrogen and oxygen atoms in total. The highest BCUT2D eigenvalue weighted by molar-refractivity contribution is 6.30. The zero-order chi connectivity index (χ0) is 14.4. The van der Waals surface area contributed by atoms with Crippen molar-refractivity contribution in [3.8, 4) is 5.75 Å². The minimum Gasteiger partial charge on any atom is -0.492 e. The maximum Gasteiger partial charge on any atom is 0.120 e. The van der Waals surface area contributed by atoms with Crippen LogP contribution >= 0.6 is 11.6 Å². The maximum atomic E-state index is 5.93. The number of hydrogen-bond acceptors (Lipinski definition) is 3. The molecule has 0 amide bonds. The van der Waals surface area contributed by atoms with E-state index in [0.29, 0.717) is 11.6 Å². The fourth-order valence-electron chi connectivity index (χ4n) is 2.01. The number of imidazole rings is 1. The number of benzene rings is 1. The first-order chi connectivity index (χ1) is 9.69. The van der Waals surface area contributed by atoms with Crippen LogP contribution in [0.2, 0.25) is 5.02 Å². The average molecular weight is 294 g/mol. The number of hydrogen-bond donors (Lipinski definition) is 1. The number of nitrogens with one attached hydrogen (secondary N) is 1. The van der Waals surface area contributed by atoms with E-state index in [2.05, 4.69) is 10.3 Å². The van der Waals surface area contributed by atoms with Crippen LogP contribution in [0.25, 0.3) is 0 Å². The molecule has 20 heavy (non-hydrogen) atoms. The molecule has 1 aromatic carbocycles. The van der Waals surface area contributed by atoms with E-state index in [1.54, 1.807) is 0 Å². The number of aromatic nitrogens is 2. The lowest BCUT2D eigenvalue weighted by atomic mass is 10.1. The molecule has 0 aliphatic heterocycles. The smallest absolute Gasteiger partial charge is 0.120 e. The van der Waals surface area contributed by atoms with E-state index in [9.17, 15) is 0 Å². The Morgan fingerprint density at radius 2 is 2.30 bits per heavy atom. The SMILES string of the molecule is CNC(CCc1nccn1C)COc1cccc(Cl)c1. The Morgan fingerprint density at radius 3 is 2.95 bits per heavy atom. The quantitative estimate of drug-likeness (QED) is 0.853. The zero-order valence-electron chi connectivity index (χ0n) is 11.8. The Bertz CT molecular complexity index is 541. The summed E-state index contributed by atoms with van der Waals surface area (Å²) >= 11 is 5.93. The number of nitrogens with zero attached hydrogens (tertiary/aromatic N) is 2. The molecule has 1 atom stereocenters. The molecule has 0 bridgehead atoms. The van der Waals surface area contributed by atoms with Gasteiger partial charge >= 0.3 is 0 Å². The molecule has 2 aromatic rings. The molecule has 0 fully saturated rings. The summed E-state index contributed by atoms with van der Waals surface area (Å²) in [7, 11) is 3.96. The Labute approximate surface area is 124 Å². The summed E-state index contributed by atoms with van der Waals surface area (Å²) < 4.78 is 7.81. The highest BCUT2D eigenvalue weighted by Gasteiger charge is 2.09. The molecule has 1 unspecified atom stereocenters. The Kier molecular flexibility index (Phi) is 5.44. The van der Waals surface area contributed by atoms with Gasteiger partial charge in [-0.1, -0.05) is 17.7 Å². The number of aryl methyl sites for hydroxylation is 2. The summed E-state index contributed by atoms with van der Waals surface area (Å²) in [5.41, 5.74) is 0. The predicted octanol–water partition coefficient (Wildman–Crippen LogP) is 2.67. The van der Waals surface area contributed by atoms with Crippen molar-refractivity contribution in [1.82, 2.24) is 14.9 Å². The molecule has 0 spiro atoms. The first kappa shape index (κ1) is 14.9. The number of likely N-dealkylation sites (N-methyl/N-ethyl adjacent to an activating group) is 1. The minimum atomic E-state index is 0.283. The van der Waals surface area contributed by atoms with Crippen LogP contribution < -0.4 is 10.1 Å². The second kappa shape index (κ2) is 7.31. The summed E-state index contributed by atoms with van der Waals surface area (Å²) in [5.74, 6) is 1.89. The van der Waals surface area contributed by atoms with E-state index in [0.717, 1.165) is 24.4 Å². The van der Waals surface area contributed by atoms with Crippen LogP contribution in [0.4, 0.5) is 0 Å². The summed E-state index contributed by atoms with van der Waals surface area (Å²) in [6.45, 7) is 0.612. The molecular formula is C15H20ClN3O. The van der Waals surface area contributed by atoms with Crippen LogP contribution in [-0.2, 0) is 13.5 Å².